The average Bonchev–Trinajstić information content (AvgIpc) is 2.31. The summed E-state index contributed by atoms with van der Waals surface area (Å²) in [7, 11) is 0. The molecule has 0 aliphatic carbocycles. The van der Waals surface area contributed by atoms with Crippen LogP contribution in [0.1, 0.15) is 19.8 Å². The van der Waals surface area contributed by atoms with E-state index >= 15 is 0 Å². The molecule has 1 saturated heterocycles. The second-order valence-corrected chi connectivity index (χ2v) is 4.72. The van der Waals surface area contributed by atoms with Gasteiger partial charge in [0.25, 0.3) is 0 Å². The van der Waals surface area contributed by atoms with Gasteiger partial charge in [-0.3, -0.25) is 4.79 Å². The number of aliphatic hydroxyl groups is 1. The highest BCUT2D eigenvalue weighted by Crippen LogP contribution is 2.16. The number of carbonyl (C=O) groups excluding carboxylic acids is 1. The maximum absolute atomic E-state index is 11.8. The van der Waals surface area contributed by atoms with Crippen LogP contribution in [-0.4, -0.2) is 63.4 Å². The molecular formula is C11H18N2O6. The fraction of sp³-hybridized carbons (Fsp3) is 0.727. The van der Waals surface area contributed by atoms with Gasteiger partial charge in [-0.05, 0) is 12.3 Å². The van der Waals surface area contributed by atoms with E-state index in [0.717, 1.165) is 0 Å². The first kappa shape index (κ1) is 15.2. The summed E-state index contributed by atoms with van der Waals surface area (Å²) in [6.07, 6.45) is -0.721. The maximum Gasteiger partial charge on any atom is 0.326 e. The number of carboxylic acid groups (broad SMARTS) is 2. The molecule has 0 bridgehead atoms. The fourth-order valence-corrected chi connectivity index (χ4v) is 1.85. The quantitative estimate of drug-likeness (QED) is 0.538. The van der Waals surface area contributed by atoms with Gasteiger partial charge in [0.15, 0.2) is 0 Å². The molecule has 108 valence electrons. The van der Waals surface area contributed by atoms with Crippen molar-refractivity contribution in [1.29, 1.82) is 0 Å². The van der Waals surface area contributed by atoms with Crippen LogP contribution in [0.2, 0.25) is 0 Å². The normalized spacial score (nSPS) is 24.6. The van der Waals surface area contributed by atoms with E-state index in [0.29, 0.717) is 13.0 Å². The molecule has 1 heterocycles. The molecule has 8 heteroatoms. The maximum atomic E-state index is 11.8. The zero-order valence-corrected chi connectivity index (χ0v) is 10.6. The Morgan fingerprint density at radius 2 is 2.00 bits per heavy atom. The molecule has 0 aromatic carbocycles. The van der Waals surface area contributed by atoms with Gasteiger partial charge in [0, 0.05) is 13.1 Å². The number of amides is 2. The molecule has 0 aromatic rings. The minimum absolute atomic E-state index is 0.0818. The molecule has 0 spiro atoms. The topological polar surface area (TPSA) is 127 Å². The molecule has 1 aliphatic heterocycles. The van der Waals surface area contributed by atoms with E-state index in [1.807, 2.05) is 6.92 Å². The number of β-amino-alcohol motifs (C(OH)–C–C–N with tert-alkyl or cyclic N) is 1. The van der Waals surface area contributed by atoms with Gasteiger partial charge in [-0.2, -0.15) is 0 Å². The van der Waals surface area contributed by atoms with Crippen LogP contribution in [0.3, 0.4) is 0 Å². The Morgan fingerprint density at radius 3 is 2.47 bits per heavy atom. The summed E-state index contributed by atoms with van der Waals surface area (Å²) in [6.45, 7) is 2.39. The number of aliphatic carboxylic acids is 2. The third-order valence-electron chi connectivity index (χ3n) is 3.18. The Bertz CT molecular complexity index is 372. The van der Waals surface area contributed by atoms with Crippen molar-refractivity contribution in [3.05, 3.63) is 0 Å². The van der Waals surface area contributed by atoms with Gasteiger partial charge in [-0.1, -0.05) is 6.92 Å². The number of hydrogen-bond donors (Lipinski definition) is 4. The van der Waals surface area contributed by atoms with Gasteiger partial charge < -0.3 is 25.5 Å². The van der Waals surface area contributed by atoms with Crippen LogP contribution in [-0.2, 0) is 9.59 Å². The van der Waals surface area contributed by atoms with Crippen LogP contribution in [0.4, 0.5) is 4.79 Å². The highest BCUT2D eigenvalue weighted by molar-refractivity contribution is 5.86. The number of piperidine rings is 1. The molecule has 19 heavy (non-hydrogen) atoms. The summed E-state index contributed by atoms with van der Waals surface area (Å²) >= 11 is 0. The van der Waals surface area contributed by atoms with Crippen LogP contribution in [0, 0.1) is 5.92 Å². The second kappa shape index (κ2) is 6.37. The Kier molecular flexibility index (Phi) is 5.11. The van der Waals surface area contributed by atoms with Crippen molar-refractivity contribution in [1.82, 2.24) is 10.2 Å². The molecule has 0 radical (unpaired) electrons. The number of carbonyl (C=O) groups is 3. The van der Waals surface area contributed by atoms with Crippen molar-refractivity contribution < 1.29 is 29.7 Å². The lowest BCUT2D eigenvalue weighted by atomic mass is 9.96. The summed E-state index contributed by atoms with van der Waals surface area (Å²) < 4.78 is 0. The van der Waals surface area contributed by atoms with E-state index in [-0.39, 0.29) is 12.5 Å². The summed E-state index contributed by atoms with van der Waals surface area (Å²) in [5.41, 5.74) is 0. The fourth-order valence-electron chi connectivity index (χ4n) is 1.85. The molecule has 1 rings (SSSR count). The van der Waals surface area contributed by atoms with E-state index < -0.39 is 36.5 Å². The zero-order chi connectivity index (χ0) is 14.6. The lowest BCUT2D eigenvalue weighted by Gasteiger charge is -2.34. The number of nitrogens with zero attached hydrogens (tertiary/aromatic N) is 1. The molecule has 1 aliphatic rings. The Morgan fingerprint density at radius 1 is 1.37 bits per heavy atom. The number of aliphatic hydroxyl groups excluding tert-OH is 1. The van der Waals surface area contributed by atoms with Crippen molar-refractivity contribution >= 4 is 18.0 Å². The largest absolute Gasteiger partial charge is 0.481 e. The number of hydrogen-bond acceptors (Lipinski definition) is 4. The van der Waals surface area contributed by atoms with Crippen LogP contribution in [0.25, 0.3) is 0 Å². The van der Waals surface area contributed by atoms with E-state index in [9.17, 15) is 19.5 Å². The van der Waals surface area contributed by atoms with E-state index in [1.165, 1.54) is 4.90 Å². The third kappa shape index (κ3) is 4.40. The molecule has 2 amide bonds. The molecule has 8 nitrogen and oxygen atoms in total. The molecule has 2 unspecified atom stereocenters. The standard InChI is InChI=1S/C11H18N2O6/c1-6-2-3-13(5-8(6)14)11(19)12-7(10(17)18)4-9(15)16/h6-8,14H,2-5H2,1H3,(H,12,19)(H,15,16)(H,17,18)/t6?,7-,8?/m0/s1. The summed E-state index contributed by atoms with van der Waals surface area (Å²) in [5, 5.41) is 29.2. The van der Waals surface area contributed by atoms with Crippen LogP contribution in [0.15, 0.2) is 0 Å². The molecule has 3 atom stereocenters. The number of nitrogens with one attached hydrogen (secondary N) is 1. The Labute approximate surface area is 110 Å². The number of carboxylic acids is 2. The van der Waals surface area contributed by atoms with Crippen molar-refractivity contribution in [3.63, 3.8) is 0 Å². The molecule has 0 aromatic heterocycles. The monoisotopic (exact) mass is 274 g/mol. The van der Waals surface area contributed by atoms with Crippen molar-refractivity contribution in [2.75, 3.05) is 13.1 Å². The zero-order valence-electron chi connectivity index (χ0n) is 10.6. The SMILES string of the molecule is CC1CCN(C(=O)N[C@@H](CC(=O)O)C(=O)O)CC1O. The first-order chi connectivity index (χ1) is 8.81. The second-order valence-electron chi connectivity index (χ2n) is 4.72. The highest BCUT2D eigenvalue weighted by Gasteiger charge is 2.30. The van der Waals surface area contributed by atoms with Crippen LogP contribution >= 0.6 is 0 Å². The minimum Gasteiger partial charge on any atom is -0.481 e. The van der Waals surface area contributed by atoms with Gasteiger partial charge in [0.1, 0.15) is 6.04 Å². The first-order valence-electron chi connectivity index (χ1n) is 5.99. The van der Waals surface area contributed by atoms with Gasteiger partial charge in [0.05, 0.1) is 12.5 Å². The minimum atomic E-state index is -1.47. The Balaban J connectivity index is 2.57. The average molecular weight is 274 g/mol. The molecule has 1 fully saturated rings. The number of likely N-dealkylation sites (tertiary alicyclic amines) is 1. The van der Waals surface area contributed by atoms with Gasteiger partial charge >= 0.3 is 18.0 Å². The van der Waals surface area contributed by atoms with Crippen LogP contribution in [0.5, 0.6) is 0 Å². The van der Waals surface area contributed by atoms with E-state index in [4.69, 9.17) is 10.2 Å². The summed E-state index contributed by atoms with van der Waals surface area (Å²) in [5.74, 6) is -2.62. The van der Waals surface area contributed by atoms with Gasteiger partial charge in [-0.25, -0.2) is 9.59 Å². The smallest absolute Gasteiger partial charge is 0.326 e. The van der Waals surface area contributed by atoms with Crippen molar-refractivity contribution in [2.45, 2.75) is 31.9 Å². The predicted octanol–water partition coefficient (Wildman–Crippen LogP) is -0.673. The summed E-state index contributed by atoms with van der Waals surface area (Å²) in [6, 6.07) is -2.14. The van der Waals surface area contributed by atoms with Crippen molar-refractivity contribution in [3.8, 4) is 0 Å². The van der Waals surface area contributed by atoms with Crippen LogP contribution < -0.4 is 5.32 Å². The summed E-state index contributed by atoms with van der Waals surface area (Å²) in [4.78, 5) is 34.4. The lowest BCUT2D eigenvalue weighted by Crippen LogP contribution is -2.53. The van der Waals surface area contributed by atoms with Crippen molar-refractivity contribution in [2.24, 2.45) is 5.92 Å². The highest BCUT2D eigenvalue weighted by atomic mass is 16.4. The molecular weight excluding hydrogens is 256 g/mol. The Hall–Kier alpha value is -1.83. The first-order valence-corrected chi connectivity index (χ1v) is 5.99. The third-order valence-corrected chi connectivity index (χ3v) is 3.18. The number of rotatable bonds is 4. The predicted molar refractivity (Wildman–Crippen MR) is 63.6 cm³/mol. The van der Waals surface area contributed by atoms with E-state index in [2.05, 4.69) is 5.32 Å². The lowest BCUT2D eigenvalue weighted by molar-refractivity contribution is -0.145. The molecule has 4 N–H and O–H groups in total. The molecule has 0 saturated carbocycles. The van der Waals surface area contributed by atoms with E-state index in [1.54, 1.807) is 0 Å². The number of urea groups is 1. The van der Waals surface area contributed by atoms with Gasteiger partial charge in [-0.15, -0.1) is 0 Å². The van der Waals surface area contributed by atoms with Gasteiger partial charge in [0.2, 0.25) is 0 Å².